The number of carbonyl (C=O) groups is 2. The van der Waals surface area contributed by atoms with Crippen molar-refractivity contribution in [2.75, 3.05) is 23.9 Å². The fraction of sp³-hybridized carbons (Fsp3) is 0.115. The van der Waals surface area contributed by atoms with Crippen molar-refractivity contribution in [2.24, 2.45) is 0 Å². The zero-order chi connectivity index (χ0) is 23.6. The minimum absolute atomic E-state index is 0.123. The molecule has 0 bridgehead atoms. The van der Waals surface area contributed by atoms with Gasteiger partial charge in [-0.05, 0) is 61.6 Å². The molecule has 168 valence electrons. The van der Waals surface area contributed by atoms with Gasteiger partial charge in [0, 0.05) is 35.1 Å². The molecule has 0 aliphatic heterocycles. The van der Waals surface area contributed by atoms with Gasteiger partial charge in [-0.15, -0.1) is 0 Å². The molecule has 3 aromatic carbocycles. The smallest absolute Gasteiger partial charge is 0.258 e. The van der Waals surface area contributed by atoms with Gasteiger partial charge in [0.05, 0.1) is 7.11 Å². The first-order chi connectivity index (χ1) is 16.0. The maximum atomic E-state index is 13.0. The van der Waals surface area contributed by atoms with Crippen molar-refractivity contribution >= 4 is 46.6 Å². The van der Waals surface area contributed by atoms with E-state index in [4.69, 9.17) is 17.0 Å². The number of benzene rings is 3. The Morgan fingerprint density at radius 1 is 1.00 bits per heavy atom. The first-order valence-electron chi connectivity index (χ1n) is 10.4. The topological polar surface area (TPSA) is 70.7 Å². The average Bonchev–Trinajstić information content (AvgIpc) is 2.84. The summed E-state index contributed by atoms with van der Waals surface area (Å²) in [6.07, 6.45) is 3.03. The Bertz CT molecular complexity index is 1160. The molecular formula is C26H25N3O3S. The summed E-state index contributed by atoms with van der Waals surface area (Å²) in [5, 5.41) is 5.69. The Kier molecular flexibility index (Phi) is 8.32. The summed E-state index contributed by atoms with van der Waals surface area (Å²) >= 11 is 5.25. The molecular weight excluding hydrogens is 434 g/mol. The van der Waals surface area contributed by atoms with Gasteiger partial charge in [-0.2, -0.15) is 0 Å². The van der Waals surface area contributed by atoms with Crippen LogP contribution in [-0.2, 0) is 4.79 Å². The third kappa shape index (κ3) is 6.51. The van der Waals surface area contributed by atoms with Crippen molar-refractivity contribution in [3.63, 3.8) is 0 Å². The van der Waals surface area contributed by atoms with E-state index in [2.05, 4.69) is 10.6 Å². The lowest BCUT2D eigenvalue weighted by Gasteiger charge is -2.21. The van der Waals surface area contributed by atoms with Crippen LogP contribution in [0, 0.1) is 0 Å². The van der Waals surface area contributed by atoms with Crippen molar-refractivity contribution in [2.45, 2.75) is 6.92 Å². The highest BCUT2D eigenvalue weighted by Gasteiger charge is 2.16. The lowest BCUT2D eigenvalue weighted by Crippen LogP contribution is -2.33. The highest BCUT2D eigenvalue weighted by atomic mass is 32.1. The summed E-state index contributed by atoms with van der Waals surface area (Å²) in [6, 6.07) is 23.9. The fourth-order valence-electron chi connectivity index (χ4n) is 3.22. The van der Waals surface area contributed by atoms with Crippen LogP contribution in [0.5, 0.6) is 5.75 Å². The second-order valence-corrected chi connectivity index (χ2v) is 7.39. The highest BCUT2D eigenvalue weighted by molar-refractivity contribution is 7.80. The number of hydrogen-bond acceptors (Lipinski definition) is 4. The largest absolute Gasteiger partial charge is 0.496 e. The number of rotatable bonds is 7. The van der Waals surface area contributed by atoms with Crippen LogP contribution in [-0.4, -0.2) is 30.6 Å². The van der Waals surface area contributed by atoms with E-state index in [1.165, 1.54) is 6.08 Å². The number of thiocarbonyl (C=S) groups is 1. The van der Waals surface area contributed by atoms with Gasteiger partial charge in [0.25, 0.3) is 5.91 Å². The minimum Gasteiger partial charge on any atom is -0.496 e. The summed E-state index contributed by atoms with van der Waals surface area (Å²) in [6.45, 7) is 2.46. The molecule has 0 aliphatic rings. The van der Waals surface area contributed by atoms with E-state index in [1.807, 2.05) is 61.5 Å². The van der Waals surface area contributed by atoms with Gasteiger partial charge >= 0.3 is 0 Å². The molecule has 0 saturated heterocycles. The van der Waals surface area contributed by atoms with E-state index >= 15 is 0 Å². The van der Waals surface area contributed by atoms with Crippen LogP contribution in [0.25, 0.3) is 6.08 Å². The number of amides is 2. The predicted molar refractivity (Wildman–Crippen MR) is 137 cm³/mol. The monoisotopic (exact) mass is 459 g/mol. The Balaban J connectivity index is 1.63. The normalized spacial score (nSPS) is 10.5. The van der Waals surface area contributed by atoms with Gasteiger partial charge in [-0.1, -0.05) is 42.5 Å². The zero-order valence-electron chi connectivity index (χ0n) is 18.4. The highest BCUT2D eigenvalue weighted by Crippen LogP contribution is 2.20. The standard InChI is InChI=1S/C26H25N3O3S/c1-3-29(22-13-5-4-6-14-22)25(31)20-11-9-12-21(18-20)27-26(33)28-24(30)17-16-19-10-7-8-15-23(19)32-2/h4-18H,3H2,1-2H3,(H2,27,28,30,33)/b17-16+. The van der Waals surface area contributed by atoms with Crippen molar-refractivity contribution in [1.82, 2.24) is 5.32 Å². The maximum Gasteiger partial charge on any atom is 0.258 e. The molecule has 0 atom stereocenters. The molecule has 0 spiro atoms. The van der Waals surface area contributed by atoms with Crippen LogP contribution in [0.15, 0.2) is 84.9 Å². The molecule has 0 aliphatic carbocycles. The SMILES string of the molecule is CCN(C(=O)c1cccc(NC(=S)NC(=O)/C=C/c2ccccc2OC)c1)c1ccccc1. The Morgan fingerprint density at radius 2 is 1.73 bits per heavy atom. The third-order valence-electron chi connectivity index (χ3n) is 4.79. The summed E-state index contributed by atoms with van der Waals surface area (Å²) in [7, 11) is 1.57. The van der Waals surface area contributed by atoms with E-state index in [1.54, 1.807) is 42.4 Å². The molecule has 0 saturated carbocycles. The summed E-state index contributed by atoms with van der Waals surface area (Å²) < 4.78 is 5.27. The molecule has 0 aromatic heterocycles. The third-order valence-corrected chi connectivity index (χ3v) is 4.99. The van der Waals surface area contributed by atoms with E-state index < -0.39 is 0 Å². The number of para-hydroxylation sites is 2. The van der Waals surface area contributed by atoms with E-state index in [9.17, 15) is 9.59 Å². The van der Waals surface area contributed by atoms with Crippen molar-refractivity contribution in [3.8, 4) is 5.75 Å². The van der Waals surface area contributed by atoms with Gasteiger partial charge in [0.1, 0.15) is 5.75 Å². The number of hydrogen-bond donors (Lipinski definition) is 2. The van der Waals surface area contributed by atoms with Gasteiger partial charge in [-0.25, -0.2) is 0 Å². The lowest BCUT2D eigenvalue weighted by molar-refractivity contribution is -0.115. The molecule has 2 N–H and O–H groups in total. The van der Waals surface area contributed by atoms with Gasteiger partial charge in [0.2, 0.25) is 5.91 Å². The molecule has 0 fully saturated rings. The summed E-state index contributed by atoms with van der Waals surface area (Å²) in [5.74, 6) is 0.161. The molecule has 0 heterocycles. The van der Waals surface area contributed by atoms with Crippen molar-refractivity contribution in [3.05, 3.63) is 96.1 Å². The molecule has 7 heteroatoms. The van der Waals surface area contributed by atoms with Gasteiger partial charge in [0.15, 0.2) is 5.11 Å². The van der Waals surface area contributed by atoms with E-state index in [0.29, 0.717) is 23.5 Å². The Hall–Kier alpha value is -3.97. The van der Waals surface area contributed by atoms with Crippen LogP contribution in [0.4, 0.5) is 11.4 Å². The van der Waals surface area contributed by atoms with E-state index in [0.717, 1.165) is 11.3 Å². The molecule has 3 rings (SSSR count). The van der Waals surface area contributed by atoms with Crippen molar-refractivity contribution in [1.29, 1.82) is 0 Å². The fourth-order valence-corrected chi connectivity index (χ4v) is 3.44. The van der Waals surface area contributed by atoms with Gasteiger partial charge < -0.3 is 15.0 Å². The number of nitrogens with one attached hydrogen (secondary N) is 2. The number of ether oxygens (including phenoxy) is 1. The second kappa shape index (κ2) is 11.6. The Morgan fingerprint density at radius 3 is 2.45 bits per heavy atom. The molecule has 3 aromatic rings. The second-order valence-electron chi connectivity index (χ2n) is 6.98. The number of anilines is 2. The Labute approximate surface area is 198 Å². The number of carbonyl (C=O) groups excluding carboxylic acids is 2. The van der Waals surface area contributed by atoms with Crippen LogP contribution < -0.4 is 20.3 Å². The van der Waals surface area contributed by atoms with Crippen LogP contribution in [0.3, 0.4) is 0 Å². The van der Waals surface area contributed by atoms with Crippen LogP contribution in [0.2, 0.25) is 0 Å². The quantitative estimate of drug-likeness (QED) is 0.389. The molecule has 33 heavy (non-hydrogen) atoms. The molecule has 0 radical (unpaired) electrons. The lowest BCUT2D eigenvalue weighted by atomic mass is 10.1. The first-order valence-corrected chi connectivity index (χ1v) is 10.8. The molecule has 2 amide bonds. The van der Waals surface area contributed by atoms with Crippen LogP contribution >= 0.6 is 12.2 Å². The van der Waals surface area contributed by atoms with Crippen molar-refractivity contribution < 1.29 is 14.3 Å². The average molecular weight is 460 g/mol. The zero-order valence-corrected chi connectivity index (χ0v) is 19.3. The first kappa shape index (κ1) is 23.7. The molecule has 0 unspecified atom stereocenters. The number of methoxy groups -OCH3 is 1. The maximum absolute atomic E-state index is 13.0. The number of nitrogens with zero attached hydrogens (tertiary/aromatic N) is 1. The van der Waals surface area contributed by atoms with E-state index in [-0.39, 0.29) is 16.9 Å². The minimum atomic E-state index is -0.383. The summed E-state index contributed by atoms with van der Waals surface area (Å²) in [5.41, 5.74) is 2.71. The summed E-state index contributed by atoms with van der Waals surface area (Å²) in [4.78, 5) is 27.0. The molecule has 6 nitrogen and oxygen atoms in total. The van der Waals surface area contributed by atoms with Gasteiger partial charge in [-0.3, -0.25) is 14.9 Å². The predicted octanol–water partition coefficient (Wildman–Crippen LogP) is 4.89. The van der Waals surface area contributed by atoms with Crippen LogP contribution in [0.1, 0.15) is 22.8 Å².